The van der Waals surface area contributed by atoms with Gasteiger partial charge in [-0.2, -0.15) is 5.10 Å². The smallest absolute Gasteiger partial charge is 0.137 e. The van der Waals surface area contributed by atoms with E-state index in [2.05, 4.69) is 21.0 Å². The van der Waals surface area contributed by atoms with Crippen LogP contribution in [0.1, 0.15) is 18.3 Å². The van der Waals surface area contributed by atoms with Gasteiger partial charge in [0.05, 0.1) is 20.9 Å². The van der Waals surface area contributed by atoms with Crippen LogP contribution in [-0.4, -0.2) is 9.78 Å². The maximum absolute atomic E-state index is 13.1. The molecule has 0 amide bonds. The highest BCUT2D eigenvalue weighted by Gasteiger charge is 2.13. The standard InChI is InChI=1S/C13H13BrClFN2O/c1-3-18-12(13(15)8(2)17-18)7-19-9-4-5-11(16)10(14)6-9/h4-6H,3,7H2,1-2H3. The molecule has 0 bridgehead atoms. The first-order chi connectivity index (χ1) is 9.02. The molecule has 102 valence electrons. The van der Waals surface area contributed by atoms with Crippen LogP contribution in [0.15, 0.2) is 22.7 Å². The summed E-state index contributed by atoms with van der Waals surface area (Å²) in [6.45, 7) is 4.86. The number of aromatic nitrogens is 2. The van der Waals surface area contributed by atoms with Crippen LogP contribution in [0.25, 0.3) is 0 Å². The third-order valence-corrected chi connectivity index (χ3v) is 3.82. The Morgan fingerprint density at radius 3 is 2.84 bits per heavy atom. The lowest BCUT2D eigenvalue weighted by Crippen LogP contribution is -2.06. The van der Waals surface area contributed by atoms with Crippen LogP contribution in [0.3, 0.4) is 0 Å². The molecule has 0 atom stereocenters. The van der Waals surface area contributed by atoms with E-state index < -0.39 is 0 Å². The molecule has 0 saturated heterocycles. The second-order valence-corrected chi connectivity index (χ2v) is 5.26. The average Bonchev–Trinajstić information content (AvgIpc) is 2.67. The van der Waals surface area contributed by atoms with Gasteiger partial charge in [-0.3, -0.25) is 4.68 Å². The normalized spacial score (nSPS) is 10.8. The molecule has 1 aromatic heterocycles. The van der Waals surface area contributed by atoms with Crippen molar-refractivity contribution in [1.29, 1.82) is 0 Å². The Morgan fingerprint density at radius 1 is 1.47 bits per heavy atom. The highest BCUT2D eigenvalue weighted by Crippen LogP contribution is 2.25. The predicted octanol–water partition coefficient (Wildman–Crippen LogP) is 4.35. The first-order valence-electron chi connectivity index (χ1n) is 5.82. The Balaban J connectivity index is 2.16. The van der Waals surface area contributed by atoms with Crippen molar-refractivity contribution >= 4 is 27.5 Å². The van der Waals surface area contributed by atoms with Crippen LogP contribution in [0, 0.1) is 12.7 Å². The van der Waals surface area contributed by atoms with Crippen molar-refractivity contribution in [2.24, 2.45) is 0 Å². The van der Waals surface area contributed by atoms with Gasteiger partial charge in [0.25, 0.3) is 0 Å². The van der Waals surface area contributed by atoms with Gasteiger partial charge in [-0.25, -0.2) is 4.39 Å². The minimum Gasteiger partial charge on any atom is -0.487 e. The number of aryl methyl sites for hydroxylation is 2. The molecule has 1 aromatic carbocycles. The first-order valence-corrected chi connectivity index (χ1v) is 6.99. The third kappa shape index (κ3) is 3.09. The molecular formula is C13H13BrClFN2O. The maximum atomic E-state index is 13.1. The first kappa shape index (κ1) is 14.3. The van der Waals surface area contributed by atoms with Crippen LogP contribution in [0.5, 0.6) is 5.75 Å². The van der Waals surface area contributed by atoms with Crippen molar-refractivity contribution in [2.45, 2.75) is 27.0 Å². The molecule has 3 nitrogen and oxygen atoms in total. The molecule has 0 radical (unpaired) electrons. The number of nitrogens with zero attached hydrogens (tertiary/aromatic N) is 2. The van der Waals surface area contributed by atoms with Gasteiger partial charge in [-0.15, -0.1) is 0 Å². The Kier molecular flexibility index (Phi) is 4.47. The fraction of sp³-hybridized carbons (Fsp3) is 0.308. The molecule has 0 unspecified atom stereocenters. The Bertz CT molecular complexity index is 601. The lowest BCUT2D eigenvalue weighted by molar-refractivity contribution is 0.292. The van der Waals surface area contributed by atoms with Gasteiger partial charge in [0.1, 0.15) is 18.2 Å². The number of benzene rings is 1. The Morgan fingerprint density at radius 2 is 2.21 bits per heavy atom. The number of hydrogen-bond acceptors (Lipinski definition) is 2. The quantitative estimate of drug-likeness (QED) is 0.822. The summed E-state index contributed by atoms with van der Waals surface area (Å²) in [6.07, 6.45) is 0. The van der Waals surface area contributed by atoms with E-state index >= 15 is 0 Å². The Labute approximate surface area is 124 Å². The molecule has 0 aliphatic carbocycles. The largest absolute Gasteiger partial charge is 0.487 e. The maximum Gasteiger partial charge on any atom is 0.137 e. The molecule has 1 heterocycles. The summed E-state index contributed by atoms with van der Waals surface area (Å²) in [5.41, 5.74) is 1.60. The number of ether oxygens (including phenoxy) is 1. The van der Waals surface area contributed by atoms with Crippen molar-refractivity contribution < 1.29 is 9.13 Å². The summed E-state index contributed by atoms with van der Waals surface area (Å²) in [7, 11) is 0. The molecule has 19 heavy (non-hydrogen) atoms. The fourth-order valence-corrected chi connectivity index (χ4v) is 2.27. The molecule has 6 heteroatoms. The van der Waals surface area contributed by atoms with Gasteiger partial charge in [0, 0.05) is 6.54 Å². The van der Waals surface area contributed by atoms with E-state index in [4.69, 9.17) is 16.3 Å². The lowest BCUT2D eigenvalue weighted by Gasteiger charge is -2.09. The van der Waals surface area contributed by atoms with Gasteiger partial charge in [0.2, 0.25) is 0 Å². The number of halogens is 3. The van der Waals surface area contributed by atoms with Crippen molar-refractivity contribution in [2.75, 3.05) is 0 Å². The number of rotatable bonds is 4. The molecule has 2 rings (SSSR count). The molecule has 0 N–H and O–H groups in total. The highest BCUT2D eigenvalue weighted by atomic mass is 79.9. The van der Waals surface area contributed by atoms with E-state index in [1.54, 1.807) is 16.8 Å². The van der Waals surface area contributed by atoms with Crippen molar-refractivity contribution in [3.63, 3.8) is 0 Å². The van der Waals surface area contributed by atoms with Crippen molar-refractivity contribution in [3.05, 3.63) is 44.9 Å². The van der Waals surface area contributed by atoms with Crippen LogP contribution in [-0.2, 0) is 13.2 Å². The van der Waals surface area contributed by atoms with Crippen LogP contribution in [0.4, 0.5) is 4.39 Å². The summed E-state index contributed by atoms with van der Waals surface area (Å²) >= 11 is 9.30. The zero-order valence-corrected chi connectivity index (χ0v) is 12.9. The third-order valence-electron chi connectivity index (χ3n) is 2.72. The highest BCUT2D eigenvalue weighted by molar-refractivity contribution is 9.10. The minimum atomic E-state index is -0.320. The molecule has 0 aliphatic rings. The van der Waals surface area contributed by atoms with Gasteiger partial charge in [-0.1, -0.05) is 11.6 Å². The second-order valence-electron chi connectivity index (χ2n) is 4.03. The summed E-state index contributed by atoms with van der Waals surface area (Å²) in [6, 6.07) is 4.51. The van der Waals surface area contributed by atoms with Crippen molar-refractivity contribution in [3.8, 4) is 5.75 Å². The van der Waals surface area contributed by atoms with E-state index in [-0.39, 0.29) is 5.82 Å². The van der Waals surface area contributed by atoms with Crippen LogP contribution < -0.4 is 4.74 Å². The topological polar surface area (TPSA) is 27.1 Å². The van der Waals surface area contributed by atoms with Gasteiger partial charge < -0.3 is 4.74 Å². The molecule has 0 fully saturated rings. The van der Waals surface area contributed by atoms with Crippen LogP contribution >= 0.6 is 27.5 Å². The average molecular weight is 348 g/mol. The van der Waals surface area contributed by atoms with E-state index in [0.29, 0.717) is 21.9 Å². The molecule has 2 aromatic rings. The second kappa shape index (κ2) is 5.92. The summed E-state index contributed by atoms with van der Waals surface area (Å²) in [4.78, 5) is 0. The predicted molar refractivity (Wildman–Crippen MR) is 76.1 cm³/mol. The Hall–Kier alpha value is -1.07. The molecule has 0 aliphatic heterocycles. The van der Waals surface area contributed by atoms with Gasteiger partial charge in [-0.05, 0) is 48.0 Å². The van der Waals surface area contributed by atoms with Crippen LogP contribution in [0.2, 0.25) is 5.02 Å². The monoisotopic (exact) mass is 346 g/mol. The summed E-state index contributed by atoms with van der Waals surface area (Å²) < 4.78 is 20.9. The SMILES string of the molecule is CCn1nc(C)c(Cl)c1COc1ccc(F)c(Br)c1. The van der Waals surface area contributed by atoms with E-state index in [1.807, 2.05) is 13.8 Å². The van der Waals surface area contributed by atoms with Crippen molar-refractivity contribution in [1.82, 2.24) is 9.78 Å². The van der Waals surface area contributed by atoms with E-state index in [0.717, 1.165) is 17.9 Å². The minimum absolute atomic E-state index is 0.297. The zero-order valence-electron chi connectivity index (χ0n) is 10.6. The lowest BCUT2D eigenvalue weighted by atomic mass is 10.3. The summed E-state index contributed by atoms with van der Waals surface area (Å²) in [5, 5.41) is 4.92. The van der Waals surface area contributed by atoms with Gasteiger partial charge >= 0.3 is 0 Å². The molecule has 0 saturated carbocycles. The molecule has 0 spiro atoms. The molecular weight excluding hydrogens is 335 g/mol. The van der Waals surface area contributed by atoms with Gasteiger partial charge in [0.15, 0.2) is 0 Å². The summed E-state index contributed by atoms with van der Waals surface area (Å²) in [5.74, 6) is 0.255. The fourth-order valence-electron chi connectivity index (χ4n) is 1.73. The van der Waals surface area contributed by atoms with E-state index in [9.17, 15) is 4.39 Å². The number of hydrogen-bond donors (Lipinski definition) is 0. The van der Waals surface area contributed by atoms with E-state index in [1.165, 1.54) is 6.07 Å². The zero-order chi connectivity index (χ0) is 14.0.